The van der Waals surface area contributed by atoms with Crippen LogP contribution in [0.1, 0.15) is 37.3 Å². The quantitative estimate of drug-likeness (QED) is 0.675. The molecule has 108 valence electrons. The summed E-state index contributed by atoms with van der Waals surface area (Å²) in [6, 6.07) is 20.2. The van der Waals surface area contributed by atoms with Crippen LogP contribution in [-0.4, -0.2) is 8.07 Å². The Hall–Kier alpha value is -1.60. The van der Waals surface area contributed by atoms with Gasteiger partial charge in [-0.25, -0.2) is 0 Å². The number of allylic oxidation sites excluding steroid dienone is 1. The summed E-state index contributed by atoms with van der Waals surface area (Å²) in [5, 5.41) is 3.28. The maximum atomic E-state index is 2.51. The summed E-state index contributed by atoms with van der Waals surface area (Å²) in [5.41, 5.74) is 4.59. The van der Waals surface area contributed by atoms with Gasteiger partial charge in [-0.3, -0.25) is 0 Å². The lowest BCUT2D eigenvalue weighted by Crippen LogP contribution is -2.40. The molecule has 0 bridgehead atoms. The maximum Gasteiger partial charge on any atom is 0.114 e. The fourth-order valence-corrected chi connectivity index (χ4v) is 7.28. The number of hydrogen-bond acceptors (Lipinski definition) is 0. The number of unbranched alkanes of at least 4 members (excludes halogenated alkanes) is 1. The van der Waals surface area contributed by atoms with Crippen molar-refractivity contribution in [1.82, 2.24) is 0 Å². The minimum Gasteiger partial charge on any atom is -0.0654 e. The van der Waals surface area contributed by atoms with Gasteiger partial charge in [0.1, 0.15) is 8.07 Å². The standard InChI is InChI=1S/C20H24Si/c1-4-5-13-18-17-14-9-10-15-19(17)21(2,3)20(18)16-11-7-6-8-12-16/h6-12,14-15H,4-5,13H2,1-3H3. The largest absolute Gasteiger partial charge is 0.114 e. The van der Waals surface area contributed by atoms with Crippen LogP contribution in [0.2, 0.25) is 13.1 Å². The third-order valence-corrected chi connectivity index (χ3v) is 8.32. The van der Waals surface area contributed by atoms with E-state index in [0.29, 0.717) is 0 Å². The molecule has 0 saturated carbocycles. The van der Waals surface area contributed by atoms with Crippen molar-refractivity contribution in [2.45, 2.75) is 39.3 Å². The van der Waals surface area contributed by atoms with E-state index in [0.717, 1.165) is 0 Å². The molecule has 2 aromatic rings. The van der Waals surface area contributed by atoms with E-state index in [9.17, 15) is 0 Å². The molecule has 2 aromatic carbocycles. The SMILES string of the molecule is CCCCC1=C(c2ccccc2)[Si](C)(C)c2ccccc21. The second-order valence-electron chi connectivity index (χ2n) is 6.49. The monoisotopic (exact) mass is 292 g/mol. The number of benzene rings is 2. The molecule has 0 atom stereocenters. The Bertz CT molecular complexity index is 665. The molecule has 0 unspecified atom stereocenters. The van der Waals surface area contributed by atoms with E-state index in [1.165, 1.54) is 30.4 Å². The molecule has 1 heterocycles. The third kappa shape index (κ3) is 2.40. The molecule has 1 heteroatoms. The average Bonchev–Trinajstić information content (AvgIpc) is 2.74. The molecule has 0 amide bonds. The van der Waals surface area contributed by atoms with Gasteiger partial charge in [0.15, 0.2) is 0 Å². The van der Waals surface area contributed by atoms with Crippen molar-refractivity contribution < 1.29 is 0 Å². The van der Waals surface area contributed by atoms with Crippen molar-refractivity contribution in [2.75, 3.05) is 0 Å². The zero-order valence-electron chi connectivity index (χ0n) is 13.3. The lowest BCUT2D eigenvalue weighted by atomic mass is 9.98. The summed E-state index contributed by atoms with van der Waals surface area (Å²) >= 11 is 0. The molecule has 0 aliphatic carbocycles. The number of hydrogen-bond donors (Lipinski definition) is 0. The van der Waals surface area contributed by atoms with Gasteiger partial charge in [0, 0.05) is 0 Å². The maximum absolute atomic E-state index is 2.51. The van der Waals surface area contributed by atoms with Gasteiger partial charge >= 0.3 is 0 Å². The van der Waals surface area contributed by atoms with Gasteiger partial charge in [-0.2, -0.15) is 0 Å². The summed E-state index contributed by atoms with van der Waals surface area (Å²) in [6.45, 7) is 7.30. The Kier molecular flexibility index (Phi) is 3.86. The summed E-state index contributed by atoms with van der Waals surface area (Å²) < 4.78 is 0. The Morgan fingerprint density at radius 3 is 2.24 bits per heavy atom. The summed E-state index contributed by atoms with van der Waals surface area (Å²) in [7, 11) is -1.56. The Labute approximate surface area is 129 Å². The van der Waals surface area contributed by atoms with Gasteiger partial charge in [0.2, 0.25) is 0 Å². The van der Waals surface area contributed by atoms with Crippen molar-refractivity contribution >= 4 is 24.0 Å². The summed E-state index contributed by atoms with van der Waals surface area (Å²) in [4.78, 5) is 0. The van der Waals surface area contributed by atoms with E-state index < -0.39 is 8.07 Å². The van der Waals surface area contributed by atoms with Crippen LogP contribution >= 0.6 is 0 Å². The Balaban J connectivity index is 2.21. The van der Waals surface area contributed by atoms with Crippen LogP contribution in [0, 0.1) is 0 Å². The lowest BCUT2D eigenvalue weighted by molar-refractivity contribution is 0.826. The molecule has 1 aliphatic rings. The smallest absolute Gasteiger partial charge is 0.0654 e. The molecule has 0 aromatic heterocycles. The molecule has 0 radical (unpaired) electrons. The second kappa shape index (κ2) is 5.65. The van der Waals surface area contributed by atoms with E-state index in [4.69, 9.17) is 0 Å². The highest BCUT2D eigenvalue weighted by Crippen LogP contribution is 2.41. The molecule has 1 aliphatic heterocycles. The fourth-order valence-electron chi connectivity index (χ4n) is 3.69. The van der Waals surface area contributed by atoms with E-state index in [2.05, 4.69) is 74.6 Å². The van der Waals surface area contributed by atoms with Crippen molar-refractivity contribution in [1.29, 1.82) is 0 Å². The zero-order chi connectivity index (χ0) is 14.9. The molecule has 0 saturated heterocycles. The fraction of sp³-hybridized carbons (Fsp3) is 0.300. The molecule has 0 N–H and O–H groups in total. The second-order valence-corrected chi connectivity index (χ2v) is 10.8. The van der Waals surface area contributed by atoms with E-state index in [1.54, 1.807) is 16.0 Å². The van der Waals surface area contributed by atoms with Crippen LogP contribution in [0.4, 0.5) is 0 Å². The summed E-state index contributed by atoms with van der Waals surface area (Å²) in [6.07, 6.45) is 3.76. The van der Waals surface area contributed by atoms with Crippen LogP contribution in [0.3, 0.4) is 0 Å². The highest BCUT2D eigenvalue weighted by atomic mass is 28.3. The van der Waals surface area contributed by atoms with Crippen molar-refractivity contribution in [3.05, 3.63) is 65.7 Å². The van der Waals surface area contributed by atoms with Crippen LogP contribution in [0.15, 0.2) is 54.6 Å². The van der Waals surface area contributed by atoms with Crippen LogP contribution in [0.5, 0.6) is 0 Å². The first-order valence-corrected chi connectivity index (χ1v) is 11.0. The van der Waals surface area contributed by atoms with Gasteiger partial charge < -0.3 is 0 Å². The molecule has 21 heavy (non-hydrogen) atoms. The predicted octanol–water partition coefficient (Wildman–Crippen LogP) is 5.26. The average molecular weight is 292 g/mol. The number of rotatable bonds is 4. The molecule has 0 fully saturated rings. The van der Waals surface area contributed by atoms with E-state index in [-0.39, 0.29) is 0 Å². The van der Waals surface area contributed by atoms with Crippen molar-refractivity contribution in [3.63, 3.8) is 0 Å². The van der Waals surface area contributed by atoms with Gasteiger partial charge in [0.05, 0.1) is 0 Å². The molecule has 3 rings (SSSR count). The third-order valence-electron chi connectivity index (χ3n) is 4.70. The molecular formula is C20H24Si. The zero-order valence-corrected chi connectivity index (χ0v) is 14.3. The topological polar surface area (TPSA) is 0 Å². The normalized spacial score (nSPS) is 16.1. The van der Waals surface area contributed by atoms with Gasteiger partial charge in [-0.05, 0) is 39.9 Å². The lowest BCUT2D eigenvalue weighted by Gasteiger charge is -2.23. The Morgan fingerprint density at radius 1 is 0.857 bits per heavy atom. The Morgan fingerprint density at radius 2 is 1.52 bits per heavy atom. The van der Waals surface area contributed by atoms with Gasteiger partial charge in [-0.15, -0.1) is 0 Å². The highest BCUT2D eigenvalue weighted by Gasteiger charge is 2.39. The highest BCUT2D eigenvalue weighted by molar-refractivity contribution is 7.07. The molecular weight excluding hydrogens is 268 g/mol. The summed E-state index contributed by atoms with van der Waals surface area (Å²) in [5.74, 6) is 0. The first kappa shape index (κ1) is 14.3. The van der Waals surface area contributed by atoms with Crippen molar-refractivity contribution in [3.8, 4) is 0 Å². The number of fused-ring (bicyclic) bond motifs is 1. The van der Waals surface area contributed by atoms with Gasteiger partial charge in [-0.1, -0.05) is 81.0 Å². The van der Waals surface area contributed by atoms with Crippen molar-refractivity contribution in [2.24, 2.45) is 0 Å². The minimum atomic E-state index is -1.56. The molecule has 0 nitrogen and oxygen atoms in total. The van der Waals surface area contributed by atoms with Gasteiger partial charge in [0.25, 0.3) is 0 Å². The van der Waals surface area contributed by atoms with Crippen LogP contribution < -0.4 is 5.19 Å². The van der Waals surface area contributed by atoms with E-state index >= 15 is 0 Å². The van der Waals surface area contributed by atoms with E-state index in [1.807, 2.05) is 0 Å². The minimum absolute atomic E-state index is 1.22. The molecule has 0 spiro atoms. The first-order valence-electron chi connectivity index (χ1n) is 8.05. The van der Waals surface area contributed by atoms with Crippen LogP contribution in [0.25, 0.3) is 10.8 Å². The van der Waals surface area contributed by atoms with Crippen LogP contribution in [-0.2, 0) is 0 Å². The predicted molar refractivity (Wildman–Crippen MR) is 96.3 cm³/mol. The first-order chi connectivity index (χ1) is 10.2.